The lowest BCUT2D eigenvalue weighted by molar-refractivity contribution is -0.384. The van der Waals surface area contributed by atoms with Gasteiger partial charge in [-0.25, -0.2) is 4.98 Å². The van der Waals surface area contributed by atoms with Crippen LogP contribution in [0, 0.1) is 17.0 Å². The van der Waals surface area contributed by atoms with E-state index in [2.05, 4.69) is 4.98 Å². The van der Waals surface area contributed by atoms with E-state index >= 15 is 0 Å². The zero-order chi connectivity index (χ0) is 17.1. The van der Waals surface area contributed by atoms with Crippen molar-refractivity contribution >= 4 is 16.6 Å². The highest BCUT2D eigenvalue weighted by Gasteiger charge is 2.11. The number of nitro benzene ring substituents is 1. The van der Waals surface area contributed by atoms with E-state index in [0.717, 1.165) is 11.3 Å². The molecule has 0 bridgehead atoms. The van der Waals surface area contributed by atoms with Gasteiger partial charge >= 0.3 is 0 Å². The van der Waals surface area contributed by atoms with Crippen molar-refractivity contribution in [1.82, 2.24) is 9.55 Å². The summed E-state index contributed by atoms with van der Waals surface area (Å²) in [5.74, 6) is 0.759. The largest absolute Gasteiger partial charge is 0.491 e. The van der Waals surface area contributed by atoms with Gasteiger partial charge in [-0.1, -0.05) is 18.2 Å². The molecule has 0 saturated heterocycles. The van der Waals surface area contributed by atoms with Gasteiger partial charge in [0.1, 0.15) is 12.4 Å². The molecular weight excluding hydrogens is 310 g/mol. The van der Waals surface area contributed by atoms with Crippen LogP contribution in [-0.4, -0.2) is 21.1 Å². The number of hydrogen-bond acceptors (Lipinski definition) is 5. The Hall–Kier alpha value is -3.22. The molecule has 3 aromatic rings. The molecule has 122 valence electrons. The number of nitrogens with zero attached hydrogens (tertiary/aromatic N) is 3. The SMILES string of the molecule is Cc1ccccc1OCCn1cnc2ccc([N+](=O)[O-])cc2c1=O. The number of ether oxygens (including phenoxy) is 1. The zero-order valence-electron chi connectivity index (χ0n) is 13.0. The third-order valence-corrected chi connectivity index (χ3v) is 3.70. The molecule has 3 rings (SSSR count). The first-order valence-electron chi connectivity index (χ1n) is 7.38. The van der Waals surface area contributed by atoms with Gasteiger partial charge < -0.3 is 4.74 Å². The predicted octanol–water partition coefficient (Wildman–Crippen LogP) is 2.69. The number of aromatic nitrogens is 2. The molecule has 0 fully saturated rings. The lowest BCUT2D eigenvalue weighted by Crippen LogP contribution is -2.23. The Bertz CT molecular complexity index is 965. The molecule has 0 aliphatic heterocycles. The minimum absolute atomic E-state index is 0.129. The van der Waals surface area contributed by atoms with E-state index < -0.39 is 4.92 Å². The summed E-state index contributed by atoms with van der Waals surface area (Å²) < 4.78 is 7.07. The highest BCUT2D eigenvalue weighted by molar-refractivity contribution is 5.79. The van der Waals surface area contributed by atoms with Gasteiger partial charge in [-0.2, -0.15) is 0 Å². The van der Waals surface area contributed by atoms with Crippen LogP contribution in [0.4, 0.5) is 5.69 Å². The number of nitro groups is 1. The molecule has 0 radical (unpaired) electrons. The number of benzene rings is 2. The molecule has 0 amide bonds. The molecule has 0 aliphatic rings. The number of hydrogen-bond donors (Lipinski definition) is 0. The van der Waals surface area contributed by atoms with Crippen LogP contribution in [0.2, 0.25) is 0 Å². The van der Waals surface area contributed by atoms with Crippen LogP contribution in [0.3, 0.4) is 0 Å². The van der Waals surface area contributed by atoms with Crippen molar-refractivity contribution < 1.29 is 9.66 Å². The fourth-order valence-corrected chi connectivity index (χ4v) is 2.39. The minimum Gasteiger partial charge on any atom is -0.491 e. The molecule has 0 aliphatic carbocycles. The molecule has 1 heterocycles. The molecule has 0 saturated carbocycles. The summed E-state index contributed by atoms with van der Waals surface area (Å²) in [7, 11) is 0. The first-order chi connectivity index (χ1) is 11.6. The van der Waals surface area contributed by atoms with Gasteiger partial charge in [0.15, 0.2) is 0 Å². The average Bonchev–Trinajstić information content (AvgIpc) is 2.58. The second kappa shape index (κ2) is 6.49. The molecule has 0 atom stereocenters. The Kier molecular flexibility index (Phi) is 4.24. The van der Waals surface area contributed by atoms with Crippen LogP contribution >= 0.6 is 0 Å². The second-order valence-corrected chi connectivity index (χ2v) is 5.32. The van der Waals surface area contributed by atoms with Crippen LogP contribution in [0.25, 0.3) is 10.9 Å². The van der Waals surface area contributed by atoms with E-state index in [4.69, 9.17) is 4.74 Å². The van der Waals surface area contributed by atoms with E-state index in [9.17, 15) is 14.9 Å². The van der Waals surface area contributed by atoms with Crippen LogP contribution in [-0.2, 0) is 6.54 Å². The standard InChI is InChI=1S/C17H15N3O4/c1-12-4-2-3-5-16(12)24-9-8-19-11-18-15-7-6-13(20(22)23)10-14(15)17(19)21/h2-7,10-11H,8-9H2,1H3. The van der Waals surface area contributed by atoms with Gasteiger partial charge in [-0.3, -0.25) is 19.5 Å². The van der Waals surface area contributed by atoms with Crippen molar-refractivity contribution in [3.8, 4) is 5.75 Å². The third-order valence-electron chi connectivity index (χ3n) is 3.70. The van der Waals surface area contributed by atoms with Crippen molar-refractivity contribution in [1.29, 1.82) is 0 Å². The van der Waals surface area contributed by atoms with Crippen molar-refractivity contribution in [2.75, 3.05) is 6.61 Å². The zero-order valence-corrected chi connectivity index (χ0v) is 13.0. The number of fused-ring (bicyclic) bond motifs is 1. The molecule has 7 nitrogen and oxygen atoms in total. The van der Waals surface area contributed by atoms with Crippen molar-refractivity contribution in [2.45, 2.75) is 13.5 Å². The van der Waals surface area contributed by atoms with Gasteiger partial charge in [-0.05, 0) is 24.6 Å². The molecule has 2 aromatic carbocycles. The van der Waals surface area contributed by atoms with Crippen LogP contribution in [0.5, 0.6) is 5.75 Å². The first-order valence-corrected chi connectivity index (χ1v) is 7.38. The van der Waals surface area contributed by atoms with Crippen LogP contribution < -0.4 is 10.3 Å². The van der Waals surface area contributed by atoms with Crippen LogP contribution in [0.1, 0.15) is 5.56 Å². The molecule has 24 heavy (non-hydrogen) atoms. The third kappa shape index (κ3) is 3.10. The molecule has 0 unspecified atom stereocenters. The highest BCUT2D eigenvalue weighted by atomic mass is 16.6. The number of rotatable bonds is 5. The van der Waals surface area contributed by atoms with Gasteiger partial charge in [0.2, 0.25) is 0 Å². The molecule has 0 N–H and O–H groups in total. The Morgan fingerprint density at radius 1 is 1.25 bits per heavy atom. The maximum atomic E-state index is 12.5. The Morgan fingerprint density at radius 2 is 2.04 bits per heavy atom. The fourth-order valence-electron chi connectivity index (χ4n) is 2.39. The maximum absolute atomic E-state index is 12.5. The van der Waals surface area contributed by atoms with E-state index in [1.165, 1.54) is 29.1 Å². The summed E-state index contributed by atoms with van der Waals surface area (Å²) in [5.41, 5.74) is 0.992. The minimum atomic E-state index is -0.530. The molecular formula is C17H15N3O4. The van der Waals surface area contributed by atoms with Crippen molar-refractivity contribution in [3.63, 3.8) is 0 Å². The summed E-state index contributed by atoms with van der Waals surface area (Å²) >= 11 is 0. The van der Waals surface area contributed by atoms with Gasteiger partial charge in [-0.15, -0.1) is 0 Å². The smallest absolute Gasteiger partial charge is 0.270 e. The molecule has 1 aromatic heterocycles. The highest BCUT2D eigenvalue weighted by Crippen LogP contribution is 2.17. The number of aryl methyl sites for hydroxylation is 1. The average molecular weight is 325 g/mol. The van der Waals surface area contributed by atoms with E-state index in [1.807, 2.05) is 31.2 Å². The lowest BCUT2D eigenvalue weighted by Gasteiger charge is -2.10. The van der Waals surface area contributed by atoms with E-state index in [0.29, 0.717) is 18.7 Å². The monoisotopic (exact) mass is 325 g/mol. The predicted molar refractivity (Wildman–Crippen MR) is 89.3 cm³/mol. The van der Waals surface area contributed by atoms with Gasteiger partial charge in [0.25, 0.3) is 11.2 Å². The summed E-state index contributed by atoms with van der Waals surface area (Å²) in [6, 6.07) is 11.7. The first kappa shape index (κ1) is 15.7. The topological polar surface area (TPSA) is 87.3 Å². The second-order valence-electron chi connectivity index (χ2n) is 5.32. The number of non-ortho nitro benzene ring substituents is 1. The normalized spacial score (nSPS) is 10.7. The fraction of sp³-hybridized carbons (Fsp3) is 0.176. The Labute approximate surface area is 137 Å². The lowest BCUT2D eigenvalue weighted by atomic mass is 10.2. The van der Waals surface area contributed by atoms with E-state index in [1.54, 1.807) is 0 Å². The quantitative estimate of drug-likeness (QED) is 0.531. The van der Waals surface area contributed by atoms with Gasteiger partial charge in [0.05, 0.1) is 28.7 Å². The molecule has 7 heteroatoms. The van der Waals surface area contributed by atoms with Crippen molar-refractivity contribution in [2.24, 2.45) is 0 Å². The maximum Gasteiger partial charge on any atom is 0.270 e. The summed E-state index contributed by atoms with van der Waals surface area (Å²) in [6.07, 6.45) is 1.43. The van der Waals surface area contributed by atoms with E-state index in [-0.39, 0.29) is 16.6 Å². The van der Waals surface area contributed by atoms with Crippen molar-refractivity contribution in [3.05, 3.63) is 74.8 Å². The van der Waals surface area contributed by atoms with Crippen LogP contribution in [0.15, 0.2) is 53.6 Å². The Morgan fingerprint density at radius 3 is 2.79 bits per heavy atom. The summed E-state index contributed by atoms with van der Waals surface area (Å²) in [6.45, 7) is 2.55. The number of para-hydroxylation sites is 1. The molecule has 0 spiro atoms. The van der Waals surface area contributed by atoms with Gasteiger partial charge in [0, 0.05) is 12.1 Å². The summed E-state index contributed by atoms with van der Waals surface area (Å²) in [4.78, 5) is 27.0. The summed E-state index contributed by atoms with van der Waals surface area (Å²) in [5, 5.41) is 11.1. The Balaban J connectivity index is 1.82.